The molecule has 1 heterocycles. The molecule has 1 rings (SSSR count). The summed E-state index contributed by atoms with van der Waals surface area (Å²) in [7, 11) is 0. The van der Waals surface area contributed by atoms with E-state index in [1.165, 1.54) is 19.3 Å². The quantitative estimate of drug-likeness (QED) is 0.711. The Kier molecular flexibility index (Phi) is 7.02. The molecule has 1 saturated heterocycles. The second kappa shape index (κ2) is 6.89. The lowest BCUT2D eigenvalue weighted by Gasteiger charge is -2.22. The molecule has 3 heteroatoms. The summed E-state index contributed by atoms with van der Waals surface area (Å²) in [6.45, 7) is 5.19. The summed E-state index contributed by atoms with van der Waals surface area (Å²) >= 11 is 0. The Balaban J connectivity index is 0.000001000. The van der Waals surface area contributed by atoms with Crippen LogP contribution in [0.25, 0.3) is 0 Å². The first-order valence-electron chi connectivity index (χ1n) is 4.26. The standard InChI is InChI=1S/C8H17NO.ClH/c1-2-9-7-8-5-3-4-6-10-8;/h8-9H,2-7H2,1H3;1H/t8-;/m0./s1. The summed E-state index contributed by atoms with van der Waals surface area (Å²) in [5.41, 5.74) is 0. The molecule has 0 aromatic carbocycles. The molecule has 1 aliphatic heterocycles. The highest BCUT2D eigenvalue weighted by Crippen LogP contribution is 2.11. The van der Waals surface area contributed by atoms with E-state index < -0.39 is 0 Å². The predicted octanol–water partition coefficient (Wildman–Crippen LogP) is 1.59. The SMILES string of the molecule is CCNC[C@@H]1CCCCO1.Cl. The fraction of sp³-hybridized carbons (Fsp3) is 1.00. The van der Waals surface area contributed by atoms with Gasteiger partial charge in [-0.3, -0.25) is 0 Å². The van der Waals surface area contributed by atoms with E-state index in [0.717, 1.165) is 19.7 Å². The molecule has 0 unspecified atom stereocenters. The van der Waals surface area contributed by atoms with Gasteiger partial charge in [0.05, 0.1) is 6.10 Å². The van der Waals surface area contributed by atoms with Gasteiger partial charge in [-0.25, -0.2) is 0 Å². The van der Waals surface area contributed by atoms with Gasteiger partial charge in [-0.2, -0.15) is 0 Å². The Labute approximate surface area is 75.1 Å². The van der Waals surface area contributed by atoms with Crippen molar-refractivity contribution in [3.8, 4) is 0 Å². The van der Waals surface area contributed by atoms with Crippen molar-refractivity contribution < 1.29 is 4.74 Å². The van der Waals surface area contributed by atoms with Gasteiger partial charge in [0, 0.05) is 13.2 Å². The highest BCUT2D eigenvalue weighted by molar-refractivity contribution is 5.85. The van der Waals surface area contributed by atoms with Crippen LogP contribution in [0.3, 0.4) is 0 Å². The van der Waals surface area contributed by atoms with Crippen LogP contribution < -0.4 is 5.32 Å². The Morgan fingerprint density at radius 1 is 1.45 bits per heavy atom. The summed E-state index contributed by atoms with van der Waals surface area (Å²) in [6, 6.07) is 0. The van der Waals surface area contributed by atoms with Crippen molar-refractivity contribution in [1.29, 1.82) is 0 Å². The third-order valence-electron chi connectivity index (χ3n) is 1.90. The molecule has 1 N–H and O–H groups in total. The second-order valence-corrected chi connectivity index (χ2v) is 2.80. The molecule has 0 saturated carbocycles. The van der Waals surface area contributed by atoms with Crippen LogP contribution in [0.4, 0.5) is 0 Å². The maximum Gasteiger partial charge on any atom is 0.0699 e. The minimum Gasteiger partial charge on any atom is -0.377 e. The topological polar surface area (TPSA) is 21.3 Å². The van der Waals surface area contributed by atoms with Gasteiger partial charge in [-0.05, 0) is 25.8 Å². The molecular weight excluding hydrogens is 162 g/mol. The van der Waals surface area contributed by atoms with Gasteiger partial charge in [0.2, 0.25) is 0 Å². The predicted molar refractivity (Wildman–Crippen MR) is 49.4 cm³/mol. The van der Waals surface area contributed by atoms with Crippen LogP contribution in [0, 0.1) is 0 Å². The van der Waals surface area contributed by atoms with E-state index in [4.69, 9.17) is 4.74 Å². The lowest BCUT2D eigenvalue weighted by molar-refractivity contribution is 0.0173. The first kappa shape index (κ1) is 11.2. The molecule has 0 radical (unpaired) electrons. The smallest absolute Gasteiger partial charge is 0.0699 e. The minimum atomic E-state index is 0. The van der Waals surface area contributed by atoms with Gasteiger partial charge >= 0.3 is 0 Å². The highest BCUT2D eigenvalue weighted by atomic mass is 35.5. The summed E-state index contributed by atoms with van der Waals surface area (Å²) in [6.07, 6.45) is 4.33. The minimum absolute atomic E-state index is 0. The third-order valence-corrected chi connectivity index (χ3v) is 1.90. The molecule has 2 nitrogen and oxygen atoms in total. The van der Waals surface area contributed by atoms with E-state index in [2.05, 4.69) is 12.2 Å². The molecule has 0 aliphatic carbocycles. The molecule has 68 valence electrons. The third kappa shape index (κ3) is 4.62. The van der Waals surface area contributed by atoms with Crippen molar-refractivity contribution >= 4 is 12.4 Å². The maximum atomic E-state index is 5.52. The van der Waals surface area contributed by atoms with Gasteiger partial charge in [0.25, 0.3) is 0 Å². The van der Waals surface area contributed by atoms with Crippen LogP contribution in [-0.4, -0.2) is 25.8 Å². The fourth-order valence-electron chi connectivity index (χ4n) is 1.27. The molecule has 0 spiro atoms. The van der Waals surface area contributed by atoms with Gasteiger partial charge in [0.1, 0.15) is 0 Å². The van der Waals surface area contributed by atoms with Crippen molar-refractivity contribution in [2.75, 3.05) is 19.7 Å². The summed E-state index contributed by atoms with van der Waals surface area (Å²) in [5, 5.41) is 3.29. The van der Waals surface area contributed by atoms with Gasteiger partial charge in [0.15, 0.2) is 0 Å². The molecule has 1 fully saturated rings. The van der Waals surface area contributed by atoms with Crippen LogP contribution in [0.5, 0.6) is 0 Å². The number of hydrogen-bond donors (Lipinski definition) is 1. The van der Waals surface area contributed by atoms with E-state index in [0.29, 0.717) is 6.10 Å². The summed E-state index contributed by atoms with van der Waals surface area (Å²) in [4.78, 5) is 0. The van der Waals surface area contributed by atoms with E-state index in [1.54, 1.807) is 0 Å². The van der Waals surface area contributed by atoms with Crippen molar-refractivity contribution in [2.45, 2.75) is 32.3 Å². The average molecular weight is 180 g/mol. The zero-order valence-electron chi connectivity index (χ0n) is 7.14. The Morgan fingerprint density at radius 2 is 2.27 bits per heavy atom. The van der Waals surface area contributed by atoms with E-state index in [1.807, 2.05) is 0 Å². The Hall–Kier alpha value is 0.210. The van der Waals surface area contributed by atoms with Crippen LogP contribution >= 0.6 is 12.4 Å². The normalized spacial score (nSPS) is 24.3. The summed E-state index contributed by atoms with van der Waals surface area (Å²) < 4.78 is 5.52. The van der Waals surface area contributed by atoms with E-state index in [-0.39, 0.29) is 12.4 Å². The second-order valence-electron chi connectivity index (χ2n) is 2.80. The molecule has 0 amide bonds. The van der Waals surface area contributed by atoms with E-state index >= 15 is 0 Å². The number of ether oxygens (including phenoxy) is 1. The van der Waals surface area contributed by atoms with Gasteiger partial charge in [-0.15, -0.1) is 12.4 Å². The number of likely N-dealkylation sites (N-methyl/N-ethyl adjacent to an activating group) is 1. The lowest BCUT2D eigenvalue weighted by atomic mass is 10.1. The molecule has 11 heavy (non-hydrogen) atoms. The molecular formula is C8H18ClNO. The van der Waals surface area contributed by atoms with Crippen LogP contribution in [0.2, 0.25) is 0 Å². The maximum absolute atomic E-state index is 5.52. The van der Waals surface area contributed by atoms with Crippen molar-refractivity contribution in [1.82, 2.24) is 5.32 Å². The van der Waals surface area contributed by atoms with Crippen LogP contribution in [0.15, 0.2) is 0 Å². The van der Waals surface area contributed by atoms with Crippen LogP contribution in [-0.2, 0) is 4.74 Å². The molecule has 1 atom stereocenters. The molecule has 0 aromatic rings. The number of halogens is 1. The van der Waals surface area contributed by atoms with Gasteiger partial charge in [-0.1, -0.05) is 6.92 Å². The Morgan fingerprint density at radius 3 is 2.82 bits per heavy atom. The lowest BCUT2D eigenvalue weighted by Crippen LogP contribution is -2.31. The zero-order chi connectivity index (χ0) is 7.23. The molecule has 0 bridgehead atoms. The van der Waals surface area contributed by atoms with Crippen molar-refractivity contribution in [3.63, 3.8) is 0 Å². The molecule has 0 aromatic heterocycles. The Bertz CT molecular complexity index is 84.2. The largest absolute Gasteiger partial charge is 0.377 e. The number of rotatable bonds is 3. The first-order chi connectivity index (χ1) is 4.93. The van der Waals surface area contributed by atoms with Crippen molar-refractivity contribution in [3.05, 3.63) is 0 Å². The monoisotopic (exact) mass is 179 g/mol. The highest BCUT2D eigenvalue weighted by Gasteiger charge is 2.11. The summed E-state index contributed by atoms with van der Waals surface area (Å²) in [5.74, 6) is 0. The average Bonchev–Trinajstić information content (AvgIpc) is 2.03. The zero-order valence-corrected chi connectivity index (χ0v) is 7.95. The molecule has 1 aliphatic rings. The fourth-order valence-corrected chi connectivity index (χ4v) is 1.27. The number of nitrogens with one attached hydrogen (secondary N) is 1. The van der Waals surface area contributed by atoms with Crippen LogP contribution in [0.1, 0.15) is 26.2 Å². The first-order valence-corrected chi connectivity index (χ1v) is 4.26. The van der Waals surface area contributed by atoms with E-state index in [9.17, 15) is 0 Å². The van der Waals surface area contributed by atoms with Gasteiger partial charge < -0.3 is 10.1 Å². The van der Waals surface area contributed by atoms with Crippen molar-refractivity contribution in [2.24, 2.45) is 0 Å². The number of hydrogen-bond acceptors (Lipinski definition) is 2.